The van der Waals surface area contributed by atoms with Crippen molar-refractivity contribution in [3.63, 3.8) is 0 Å². The molecule has 0 unspecified atom stereocenters. The molecule has 0 bridgehead atoms. The Morgan fingerprint density at radius 2 is 2.00 bits per heavy atom. The highest BCUT2D eigenvalue weighted by molar-refractivity contribution is 5.93. The summed E-state index contributed by atoms with van der Waals surface area (Å²) in [4.78, 5) is 23.6. The zero-order valence-corrected chi connectivity index (χ0v) is 16.7. The average molecular weight is 406 g/mol. The lowest BCUT2D eigenvalue weighted by molar-refractivity contribution is -0.120. The number of rotatable bonds is 5. The van der Waals surface area contributed by atoms with Gasteiger partial charge in [0.1, 0.15) is 11.6 Å². The number of benzene rings is 2. The van der Waals surface area contributed by atoms with E-state index in [0.29, 0.717) is 23.9 Å². The van der Waals surface area contributed by atoms with E-state index < -0.39 is 0 Å². The highest BCUT2D eigenvalue weighted by Gasteiger charge is 2.28. The van der Waals surface area contributed by atoms with Crippen molar-refractivity contribution in [2.45, 2.75) is 19.8 Å². The molecule has 1 amide bonds. The molecule has 6 nitrogen and oxygen atoms in total. The van der Waals surface area contributed by atoms with Crippen LogP contribution in [0, 0.1) is 18.7 Å². The molecular weight excluding hydrogens is 383 g/mol. The van der Waals surface area contributed by atoms with Gasteiger partial charge in [0.15, 0.2) is 5.82 Å². The Hall–Kier alpha value is -3.48. The molecule has 2 heterocycles. The third kappa shape index (κ3) is 4.56. The molecule has 3 aromatic rings. The predicted octanol–water partition coefficient (Wildman–Crippen LogP) is 4.57. The van der Waals surface area contributed by atoms with Gasteiger partial charge >= 0.3 is 0 Å². The van der Waals surface area contributed by atoms with Gasteiger partial charge in [-0.15, -0.1) is 0 Å². The Morgan fingerprint density at radius 3 is 2.83 bits per heavy atom. The maximum absolute atomic E-state index is 13.4. The number of ether oxygens (including phenoxy) is 1. The standard InChI is InChI=1S/C23H23FN4O2/c1-16-6-2-3-10-20(16)30-23-21(25-11-12-26-23)28-13-5-7-17(15-28)22(29)27-19-9-4-8-18(24)14-19/h2-4,6,8-12,14,17H,5,7,13,15H2,1H3,(H,27,29)/t17-/m0/s1. The second kappa shape index (κ2) is 8.90. The highest BCUT2D eigenvalue weighted by Crippen LogP contribution is 2.32. The number of carbonyl (C=O) groups excluding carboxylic acids is 1. The number of aromatic nitrogens is 2. The number of amides is 1. The van der Waals surface area contributed by atoms with Crippen LogP contribution >= 0.6 is 0 Å². The maximum atomic E-state index is 13.4. The van der Waals surface area contributed by atoms with Crippen LogP contribution in [-0.4, -0.2) is 29.0 Å². The van der Waals surface area contributed by atoms with Gasteiger partial charge in [0.05, 0.1) is 5.92 Å². The number of nitrogens with one attached hydrogen (secondary N) is 1. The third-order valence-electron chi connectivity index (χ3n) is 5.13. The van der Waals surface area contributed by atoms with E-state index in [-0.39, 0.29) is 17.6 Å². The molecule has 154 valence electrons. The quantitative estimate of drug-likeness (QED) is 0.672. The molecule has 1 N–H and O–H groups in total. The first-order chi connectivity index (χ1) is 14.6. The molecule has 7 heteroatoms. The van der Waals surface area contributed by atoms with Crippen molar-refractivity contribution in [3.8, 4) is 11.6 Å². The molecule has 1 aliphatic rings. The minimum Gasteiger partial charge on any atom is -0.436 e. The van der Waals surface area contributed by atoms with E-state index in [9.17, 15) is 9.18 Å². The van der Waals surface area contributed by atoms with Crippen molar-refractivity contribution >= 4 is 17.4 Å². The summed E-state index contributed by atoms with van der Waals surface area (Å²) in [6.45, 7) is 3.22. The first-order valence-electron chi connectivity index (χ1n) is 9.96. The summed E-state index contributed by atoms with van der Waals surface area (Å²) in [5.41, 5.74) is 1.46. The van der Waals surface area contributed by atoms with Crippen molar-refractivity contribution in [2.75, 3.05) is 23.3 Å². The van der Waals surface area contributed by atoms with Crippen LogP contribution in [0.3, 0.4) is 0 Å². The topological polar surface area (TPSA) is 67.4 Å². The van der Waals surface area contributed by atoms with Gasteiger partial charge in [-0.25, -0.2) is 14.4 Å². The van der Waals surface area contributed by atoms with Gasteiger partial charge in [-0.2, -0.15) is 0 Å². The average Bonchev–Trinajstić information content (AvgIpc) is 2.76. The van der Waals surface area contributed by atoms with Gasteiger partial charge < -0.3 is 15.0 Å². The normalized spacial score (nSPS) is 16.2. The lowest BCUT2D eigenvalue weighted by Gasteiger charge is -2.33. The van der Waals surface area contributed by atoms with Crippen LogP contribution in [-0.2, 0) is 4.79 Å². The number of halogens is 1. The summed E-state index contributed by atoms with van der Waals surface area (Å²) in [5, 5.41) is 2.81. The number of anilines is 2. The number of hydrogen-bond donors (Lipinski definition) is 1. The Kier molecular flexibility index (Phi) is 5.88. The first-order valence-corrected chi connectivity index (χ1v) is 9.96. The van der Waals surface area contributed by atoms with Gasteiger partial charge in [0.25, 0.3) is 5.88 Å². The highest BCUT2D eigenvalue weighted by atomic mass is 19.1. The second-order valence-electron chi connectivity index (χ2n) is 7.34. The number of para-hydroxylation sites is 1. The zero-order chi connectivity index (χ0) is 20.9. The SMILES string of the molecule is Cc1ccccc1Oc1nccnc1N1CCC[C@H](C(=O)Nc2cccc(F)c2)C1. The number of aryl methyl sites for hydroxylation is 1. The van der Waals surface area contributed by atoms with Gasteiger partial charge in [-0.1, -0.05) is 24.3 Å². The molecule has 1 aromatic heterocycles. The van der Waals surface area contributed by atoms with Crippen LogP contribution in [0.2, 0.25) is 0 Å². The summed E-state index contributed by atoms with van der Waals surface area (Å²) < 4.78 is 19.4. The monoisotopic (exact) mass is 406 g/mol. The second-order valence-corrected chi connectivity index (χ2v) is 7.34. The molecule has 1 aliphatic heterocycles. The van der Waals surface area contributed by atoms with E-state index in [0.717, 1.165) is 30.7 Å². The number of nitrogens with zero attached hydrogens (tertiary/aromatic N) is 3. The van der Waals surface area contributed by atoms with E-state index in [1.165, 1.54) is 12.1 Å². The smallest absolute Gasteiger partial charge is 0.263 e. The number of piperidine rings is 1. The van der Waals surface area contributed by atoms with Crippen LogP contribution < -0.4 is 15.0 Å². The minimum atomic E-state index is -0.379. The zero-order valence-electron chi connectivity index (χ0n) is 16.7. The van der Waals surface area contributed by atoms with E-state index >= 15 is 0 Å². The third-order valence-corrected chi connectivity index (χ3v) is 5.13. The summed E-state index contributed by atoms with van der Waals surface area (Å²) in [6, 6.07) is 13.6. The summed E-state index contributed by atoms with van der Waals surface area (Å²) >= 11 is 0. The van der Waals surface area contributed by atoms with E-state index in [1.54, 1.807) is 24.5 Å². The van der Waals surface area contributed by atoms with Gasteiger partial charge in [-0.3, -0.25) is 4.79 Å². The molecule has 0 spiro atoms. The minimum absolute atomic E-state index is 0.129. The maximum Gasteiger partial charge on any atom is 0.263 e. The molecule has 30 heavy (non-hydrogen) atoms. The van der Waals surface area contributed by atoms with Crippen LogP contribution in [0.25, 0.3) is 0 Å². The summed E-state index contributed by atoms with van der Waals surface area (Å²) in [6.07, 6.45) is 4.80. The molecule has 1 fully saturated rings. The Morgan fingerprint density at radius 1 is 1.17 bits per heavy atom. The van der Waals surface area contributed by atoms with Crippen molar-refractivity contribution in [1.29, 1.82) is 0 Å². The van der Waals surface area contributed by atoms with Crippen LogP contribution in [0.5, 0.6) is 11.6 Å². The lowest BCUT2D eigenvalue weighted by Crippen LogP contribution is -2.41. The molecule has 2 aromatic carbocycles. The fourth-order valence-electron chi connectivity index (χ4n) is 3.58. The fourth-order valence-corrected chi connectivity index (χ4v) is 3.58. The van der Waals surface area contributed by atoms with E-state index in [1.807, 2.05) is 36.1 Å². The van der Waals surface area contributed by atoms with Gasteiger partial charge in [0.2, 0.25) is 5.91 Å². The van der Waals surface area contributed by atoms with Crippen molar-refractivity contribution in [1.82, 2.24) is 9.97 Å². The van der Waals surface area contributed by atoms with Crippen molar-refractivity contribution < 1.29 is 13.9 Å². The fraction of sp³-hybridized carbons (Fsp3) is 0.261. The molecule has 0 aliphatic carbocycles. The summed E-state index contributed by atoms with van der Waals surface area (Å²) in [5.74, 6) is 1.00. The number of hydrogen-bond acceptors (Lipinski definition) is 5. The Bertz CT molecular complexity index is 1040. The molecule has 0 saturated carbocycles. The number of carbonyl (C=O) groups is 1. The molecule has 1 saturated heterocycles. The van der Waals surface area contributed by atoms with Crippen LogP contribution in [0.15, 0.2) is 60.9 Å². The Balaban J connectivity index is 1.49. The predicted molar refractivity (Wildman–Crippen MR) is 113 cm³/mol. The van der Waals surface area contributed by atoms with Crippen LogP contribution in [0.1, 0.15) is 18.4 Å². The van der Waals surface area contributed by atoms with E-state index in [2.05, 4.69) is 15.3 Å². The Labute approximate surface area is 174 Å². The molecule has 1 atom stereocenters. The summed E-state index contributed by atoms with van der Waals surface area (Å²) in [7, 11) is 0. The largest absolute Gasteiger partial charge is 0.436 e. The first kappa shape index (κ1) is 19.8. The van der Waals surface area contributed by atoms with Crippen molar-refractivity contribution in [2.24, 2.45) is 5.92 Å². The van der Waals surface area contributed by atoms with Crippen molar-refractivity contribution in [3.05, 3.63) is 72.3 Å². The van der Waals surface area contributed by atoms with Gasteiger partial charge in [-0.05, 0) is 49.6 Å². The van der Waals surface area contributed by atoms with E-state index in [4.69, 9.17) is 4.74 Å². The van der Waals surface area contributed by atoms with Gasteiger partial charge in [0, 0.05) is 31.2 Å². The molecule has 0 radical (unpaired) electrons. The molecular formula is C23H23FN4O2. The lowest BCUT2D eigenvalue weighted by atomic mass is 9.97. The molecule has 4 rings (SSSR count). The van der Waals surface area contributed by atoms with Crippen LogP contribution in [0.4, 0.5) is 15.9 Å².